The molecule has 4 nitrogen and oxygen atoms in total. The summed E-state index contributed by atoms with van der Waals surface area (Å²) in [6.07, 6.45) is 0.123. The maximum atomic E-state index is 11.5. The summed E-state index contributed by atoms with van der Waals surface area (Å²) < 4.78 is 28.6. The Labute approximate surface area is 114 Å². The van der Waals surface area contributed by atoms with Crippen molar-refractivity contribution in [1.29, 1.82) is 0 Å². The van der Waals surface area contributed by atoms with Crippen LogP contribution < -0.4 is 4.74 Å². The van der Waals surface area contributed by atoms with Crippen molar-refractivity contribution in [2.45, 2.75) is 37.5 Å². The molecule has 5 heteroatoms. The van der Waals surface area contributed by atoms with Crippen LogP contribution in [0.15, 0.2) is 18.2 Å². The normalized spacial score (nSPS) is 20.5. The van der Waals surface area contributed by atoms with E-state index in [1.165, 1.54) is 6.92 Å². The maximum Gasteiger partial charge on any atom is 0.152 e. The minimum absolute atomic E-state index is 0.112. The number of sulfone groups is 1. The van der Waals surface area contributed by atoms with Gasteiger partial charge < -0.3 is 9.84 Å². The molecule has 1 aliphatic rings. The molecule has 19 heavy (non-hydrogen) atoms. The summed E-state index contributed by atoms with van der Waals surface area (Å²) in [5.41, 5.74) is 1.53. The Kier molecular flexibility index (Phi) is 3.39. The molecule has 2 atom stereocenters. The molecule has 0 saturated carbocycles. The molecule has 0 amide bonds. The quantitative estimate of drug-likeness (QED) is 0.919. The Morgan fingerprint density at radius 2 is 2.00 bits per heavy atom. The van der Waals surface area contributed by atoms with Gasteiger partial charge in [-0.05, 0) is 24.6 Å². The van der Waals surface area contributed by atoms with E-state index in [9.17, 15) is 13.5 Å². The number of rotatable bonds is 3. The van der Waals surface area contributed by atoms with Gasteiger partial charge in [-0.2, -0.15) is 0 Å². The third-order valence-electron chi connectivity index (χ3n) is 3.78. The van der Waals surface area contributed by atoms with Gasteiger partial charge in [-0.15, -0.1) is 0 Å². The summed E-state index contributed by atoms with van der Waals surface area (Å²) in [4.78, 5) is 0. The number of benzene rings is 1. The molecule has 1 N–H and O–H groups in total. The van der Waals surface area contributed by atoms with Gasteiger partial charge in [0.25, 0.3) is 0 Å². The van der Waals surface area contributed by atoms with Crippen molar-refractivity contribution in [3.63, 3.8) is 0 Å². The topological polar surface area (TPSA) is 63.6 Å². The Morgan fingerprint density at radius 1 is 1.37 bits per heavy atom. The van der Waals surface area contributed by atoms with Crippen LogP contribution in [0.3, 0.4) is 0 Å². The van der Waals surface area contributed by atoms with Gasteiger partial charge in [-0.3, -0.25) is 0 Å². The van der Waals surface area contributed by atoms with Crippen LogP contribution in [0.25, 0.3) is 0 Å². The molecule has 0 spiro atoms. The van der Waals surface area contributed by atoms with E-state index in [1.807, 2.05) is 6.07 Å². The standard InChI is InChI=1S/C14H20O4S/c1-9(19(4,16)17)13(15)10-5-6-12-11(7-10)14(2,3)8-18-12/h5-7,9,13,15H,8H2,1-4H3. The lowest BCUT2D eigenvalue weighted by Crippen LogP contribution is -2.24. The average Bonchev–Trinajstić information content (AvgIpc) is 2.62. The summed E-state index contributed by atoms with van der Waals surface area (Å²) >= 11 is 0. The summed E-state index contributed by atoms with van der Waals surface area (Å²) in [5.74, 6) is 0.813. The first-order valence-corrected chi connectivity index (χ1v) is 8.22. The van der Waals surface area contributed by atoms with Gasteiger partial charge in [-0.1, -0.05) is 19.9 Å². The van der Waals surface area contributed by atoms with Crippen LogP contribution in [0.4, 0.5) is 0 Å². The summed E-state index contributed by atoms with van der Waals surface area (Å²) in [5, 5.41) is 9.38. The fraction of sp³-hybridized carbons (Fsp3) is 0.571. The van der Waals surface area contributed by atoms with E-state index in [-0.39, 0.29) is 5.41 Å². The second kappa shape index (κ2) is 4.49. The number of aliphatic hydroxyl groups excluding tert-OH is 1. The molecule has 0 radical (unpaired) electrons. The summed E-state index contributed by atoms with van der Waals surface area (Å²) in [6.45, 7) is 6.25. The molecular weight excluding hydrogens is 264 g/mol. The first-order chi connectivity index (χ1) is 8.63. The van der Waals surface area contributed by atoms with Crippen LogP contribution in [0.1, 0.15) is 38.0 Å². The van der Waals surface area contributed by atoms with Crippen LogP contribution in [0.2, 0.25) is 0 Å². The van der Waals surface area contributed by atoms with Gasteiger partial charge in [0, 0.05) is 17.2 Å². The molecule has 2 unspecified atom stereocenters. The van der Waals surface area contributed by atoms with Crippen molar-refractivity contribution in [2.75, 3.05) is 12.9 Å². The Balaban J connectivity index is 2.38. The Morgan fingerprint density at radius 3 is 2.58 bits per heavy atom. The molecule has 1 aliphatic heterocycles. The second-order valence-corrected chi connectivity index (χ2v) is 8.31. The van der Waals surface area contributed by atoms with Gasteiger partial charge in [-0.25, -0.2) is 8.42 Å². The summed E-state index contributed by atoms with van der Waals surface area (Å²) in [7, 11) is -3.27. The van der Waals surface area contributed by atoms with E-state index in [2.05, 4.69) is 13.8 Å². The first kappa shape index (κ1) is 14.3. The lowest BCUT2D eigenvalue weighted by molar-refractivity contribution is 0.176. The van der Waals surface area contributed by atoms with Crippen molar-refractivity contribution >= 4 is 9.84 Å². The lowest BCUT2D eigenvalue weighted by atomic mass is 9.85. The van der Waals surface area contributed by atoms with Crippen molar-refractivity contribution in [3.8, 4) is 5.75 Å². The molecule has 0 aromatic heterocycles. The van der Waals surface area contributed by atoms with E-state index < -0.39 is 21.2 Å². The minimum Gasteiger partial charge on any atom is -0.492 e. The van der Waals surface area contributed by atoms with Crippen molar-refractivity contribution < 1.29 is 18.3 Å². The fourth-order valence-corrected chi connectivity index (χ4v) is 2.85. The van der Waals surface area contributed by atoms with Gasteiger partial charge in [0.05, 0.1) is 18.0 Å². The predicted octanol–water partition coefficient (Wildman–Crippen LogP) is 1.82. The van der Waals surface area contributed by atoms with E-state index in [0.29, 0.717) is 12.2 Å². The van der Waals surface area contributed by atoms with E-state index >= 15 is 0 Å². The third-order valence-corrected chi connectivity index (χ3v) is 5.39. The highest BCUT2D eigenvalue weighted by molar-refractivity contribution is 7.91. The molecule has 0 saturated heterocycles. The number of hydrogen-bond acceptors (Lipinski definition) is 4. The van der Waals surface area contributed by atoms with E-state index in [1.54, 1.807) is 12.1 Å². The van der Waals surface area contributed by atoms with E-state index in [0.717, 1.165) is 17.6 Å². The number of hydrogen-bond donors (Lipinski definition) is 1. The first-order valence-electron chi connectivity index (χ1n) is 6.27. The molecule has 2 rings (SSSR count). The average molecular weight is 284 g/mol. The van der Waals surface area contributed by atoms with Gasteiger partial charge in [0.15, 0.2) is 9.84 Å². The Bertz CT molecular complexity index is 589. The van der Waals surface area contributed by atoms with Crippen LogP contribution in [0, 0.1) is 0 Å². The highest BCUT2D eigenvalue weighted by Crippen LogP contribution is 2.40. The zero-order chi connectivity index (χ0) is 14.4. The molecule has 0 bridgehead atoms. The highest BCUT2D eigenvalue weighted by atomic mass is 32.2. The van der Waals surface area contributed by atoms with Gasteiger partial charge >= 0.3 is 0 Å². The second-order valence-electron chi connectivity index (χ2n) is 5.91. The maximum absolute atomic E-state index is 11.5. The molecule has 106 valence electrons. The molecule has 1 aromatic carbocycles. The molecule has 0 fully saturated rings. The lowest BCUT2D eigenvalue weighted by Gasteiger charge is -2.20. The van der Waals surface area contributed by atoms with Crippen LogP contribution >= 0.6 is 0 Å². The molecule has 0 aliphatic carbocycles. The van der Waals surface area contributed by atoms with Crippen LogP contribution in [-0.2, 0) is 15.3 Å². The van der Waals surface area contributed by atoms with Crippen LogP contribution in [0.5, 0.6) is 5.75 Å². The molecular formula is C14H20O4S. The minimum atomic E-state index is -3.27. The van der Waals surface area contributed by atoms with Crippen LogP contribution in [-0.4, -0.2) is 31.6 Å². The predicted molar refractivity (Wildman–Crippen MR) is 74.2 cm³/mol. The molecule has 1 aromatic rings. The number of aliphatic hydroxyl groups is 1. The van der Waals surface area contributed by atoms with E-state index in [4.69, 9.17) is 4.74 Å². The largest absolute Gasteiger partial charge is 0.492 e. The van der Waals surface area contributed by atoms with Crippen molar-refractivity contribution in [2.24, 2.45) is 0 Å². The van der Waals surface area contributed by atoms with Gasteiger partial charge in [0.1, 0.15) is 5.75 Å². The highest BCUT2D eigenvalue weighted by Gasteiger charge is 2.33. The number of fused-ring (bicyclic) bond motifs is 1. The SMILES string of the molecule is CC(C(O)c1ccc2c(c1)C(C)(C)CO2)S(C)(=O)=O. The Hall–Kier alpha value is -1.07. The van der Waals surface area contributed by atoms with Gasteiger partial charge in [0.2, 0.25) is 0 Å². The third kappa shape index (κ3) is 2.62. The van der Waals surface area contributed by atoms with Crippen molar-refractivity contribution in [3.05, 3.63) is 29.3 Å². The zero-order valence-electron chi connectivity index (χ0n) is 11.7. The zero-order valence-corrected chi connectivity index (χ0v) is 12.5. The monoisotopic (exact) mass is 284 g/mol. The smallest absolute Gasteiger partial charge is 0.152 e. The number of ether oxygens (including phenoxy) is 1. The summed E-state index contributed by atoms with van der Waals surface area (Å²) in [6, 6.07) is 5.39. The van der Waals surface area contributed by atoms with Crippen molar-refractivity contribution in [1.82, 2.24) is 0 Å². The molecule has 1 heterocycles. The fourth-order valence-electron chi connectivity index (χ4n) is 2.23.